The molecule has 1 saturated heterocycles. The van der Waals surface area contributed by atoms with Gasteiger partial charge in [0, 0.05) is 18.3 Å². The smallest absolute Gasteiger partial charge is 0.233 e. The summed E-state index contributed by atoms with van der Waals surface area (Å²) in [5, 5.41) is 0. The molecule has 2 heterocycles. The van der Waals surface area contributed by atoms with Crippen LogP contribution in [-0.4, -0.2) is 42.0 Å². The Labute approximate surface area is 145 Å². The Morgan fingerprint density at radius 2 is 1.72 bits per heavy atom. The number of fused-ring (bicyclic) bond motifs is 2. The zero-order valence-corrected chi connectivity index (χ0v) is 13.9. The highest BCUT2D eigenvalue weighted by atomic mass is 16.2. The number of carbonyl (C=O) groups is 4. The van der Waals surface area contributed by atoms with E-state index in [1.54, 1.807) is 30.1 Å². The number of hydrogen-bond donors (Lipinski definition) is 0. The van der Waals surface area contributed by atoms with Crippen LogP contribution >= 0.6 is 0 Å². The maximum Gasteiger partial charge on any atom is 0.233 e. The topological polar surface area (TPSA) is 74.8 Å². The second kappa shape index (κ2) is 5.65. The van der Waals surface area contributed by atoms with Gasteiger partial charge in [-0.3, -0.25) is 24.1 Å². The molecule has 25 heavy (non-hydrogen) atoms. The highest BCUT2D eigenvalue weighted by Gasteiger charge is 2.47. The van der Waals surface area contributed by atoms with Crippen LogP contribution in [0.4, 0.5) is 5.69 Å². The first kappa shape index (κ1) is 15.7. The van der Waals surface area contributed by atoms with Gasteiger partial charge < -0.3 is 4.90 Å². The summed E-state index contributed by atoms with van der Waals surface area (Å²) < 4.78 is 0. The summed E-state index contributed by atoms with van der Waals surface area (Å²) in [5.74, 6) is -1.43. The van der Waals surface area contributed by atoms with Crippen LogP contribution < -0.4 is 4.90 Å². The standard InChI is InChI=1S/C19H18N2O4/c1-20-15-7-6-11(8-12(15)9-17(20)23)16(22)10-21-18(24)13-4-2-3-5-14(13)19(21)25/h2-3,6-8,13-14H,4-5,9-10H2,1H3/t13-,14-/m0/s1. The number of allylic oxidation sites excluding steroid dienone is 2. The minimum absolute atomic E-state index is 0.0129. The van der Waals surface area contributed by atoms with E-state index in [0.717, 1.165) is 16.2 Å². The Morgan fingerprint density at radius 3 is 2.36 bits per heavy atom. The van der Waals surface area contributed by atoms with Crippen molar-refractivity contribution in [3.63, 3.8) is 0 Å². The number of carbonyl (C=O) groups excluding carboxylic acids is 4. The largest absolute Gasteiger partial charge is 0.315 e. The number of anilines is 1. The normalized spacial score (nSPS) is 24.8. The molecule has 1 fully saturated rings. The van der Waals surface area contributed by atoms with Gasteiger partial charge in [-0.05, 0) is 36.6 Å². The Morgan fingerprint density at radius 1 is 1.08 bits per heavy atom. The van der Waals surface area contributed by atoms with E-state index in [1.165, 1.54) is 0 Å². The lowest BCUT2D eigenvalue weighted by Crippen LogP contribution is -2.36. The summed E-state index contributed by atoms with van der Waals surface area (Å²) in [6.45, 7) is -0.229. The fourth-order valence-corrected chi connectivity index (χ4v) is 3.90. The lowest BCUT2D eigenvalue weighted by atomic mass is 9.85. The number of likely N-dealkylation sites (tertiary alicyclic amines) is 1. The van der Waals surface area contributed by atoms with Gasteiger partial charge in [-0.25, -0.2) is 0 Å². The van der Waals surface area contributed by atoms with Crippen molar-refractivity contribution in [2.75, 3.05) is 18.5 Å². The minimum Gasteiger partial charge on any atom is -0.315 e. The molecule has 1 aromatic rings. The monoisotopic (exact) mass is 338 g/mol. The molecule has 2 aliphatic heterocycles. The van der Waals surface area contributed by atoms with Crippen LogP contribution in [0, 0.1) is 11.8 Å². The number of ketones is 1. The van der Waals surface area contributed by atoms with Crippen molar-refractivity contribution in [2.24, 2.45) is 11.8 Å². The summed E-state index contributed by atoms with van der Waals surface area (Å²) in [6.07, 6.45) is 5.24. The molecule has 0 N–H and O–H groups in total. The summed E-state index contributed by atoms with van der Waals surface area (Å²) in [6, 6.07) is 5.08. The predicted molar refractivity (Wildman–Crippen MR) is 90.0 cm³/mol. The molecule has 3 amide bonds. The molecule has 1 aliphatic carbocycles. The van der Waals surface area contributed by atoms with Crippen LogP contribution in [-0.2, 0) is 20.8 Å². The lowest BCUT2D eigenvalue weighted by Gasteiger charge is -2.14. The van der Waals surface area contributed by atoms with Crippen LogP contribution in [0.25, 0.3) is 0 Å². The number of Topliss-reactive ketones (excluding diaryl/α,β-unsaturated/α-hetero) is 1. The molecule has 6 nitrogen and oxygen atoms in total. The van der Waals surface area contributed by atoms with Gasteiger partial charge in [0.2, 0.25) is 17.7 Å². The molecule has 6 heteroatoms. The van der Waals surface area contributed by atoms with Crippen LogP contribution in [0.15, 0.2) is 30.4 Å². The average molecular weight is 338 g/mol. The van der Waals surface area contributed by atoms with E-state index in [-0.39, 0.29) is 48.3 Å². The van der Waals surface area contributed by atoms with Gasteiger partial charge in [0.15, 0.2) is 5.78 Å². The van der Waals surface area contributed by atoms with E-state index in [1.807, 2.05) is 12.2 Å². The third-order valence-corrected chi connectivity index (χ3v) is 5.38. The average Bonchev–Trinajstić information content (AvgIpc) is 3.03. The van der Waals surface area contributed by atoms with Gasteiger partial charge in [-0.15, -0.1) is 0 Å². The summed E-state index contributed by atoms with van der Waals surface area (Å²) >= 11 is 0. The van der Waals surface area contributed by atoms with Gasteiger partial charge in [-0.2, -0.15) is 0 Å². The van der Waals surface area contributed by atoms with E-state index >= 15 is 0 Å². The highest BCUT2D eigenvalue weighted by molar-refractivity contribution is 6.10. The van der Waals surface area contributed by atoms with Crippen LogP contribution in [0.5, 0.6) is 0 Å². The second-order valence-corrected chi connectivity index (χ2v) is 6.81. The maximum absolute atomic E-state index is 12.6. The maximum atomic E-state index is 12.6. The molecule has 0 spiro atoms. The minimum atomic E-state index is -0.323. The molecule has 128 valence electrons. The number of amides is 3. The molecule has 0 unspecified atom stereocenters. The van der Waals surface area contributed by atoms with Crippen molar-refractivity contribution in [2.45, 2.75) is 19.3 Å². The quantitative estimate of drug-likeness (QED) is 0.473. The van der Waals surface area contributed by atoms with Crippen molar-refractivity contribution in [3.8, 4) is 0 Å². The van der Waals surface area contributed by atoms with Crippen LogP contribution in [0.3, 0.4) is 0 Å². The third-order valence-electron chi connectivity index (χ3n) is 5.38. The van der Waals surface area contributed by atoms with Crippen molar-refractivity contribution < 1.29 is 19.2 Å². The molecule has 0 saturated carbocycles. The first-order valence-electron chi connectivity index (χ1n) is 8.40. The molecule has 1 aromatic carbocycles. The number of benzene rings is 1. The fourth-order valence-electron chi connectivity index (χ4n) is 3.90. The molecule has 0 bridgehead atoms. The molecule has 3 aliphatic rings. The first-order valence-corrected chi connectivity index (χ1v) is 8.40. The number of imide groups is 1. The van der Waals surface area contributed by atoms with Gasteiger partial charge >= 0.3 is 0 Å². The number of rotatable bonds is 3. The number of hydrogen-bond acceptors (Lipinski definition) is 4. The molecular formula is C19H18N2O4. The predicted octanol–water partition coefficient (Wildman–Crippen LogP) is 1.34. The summed E-state index contributed by atoms with van der Waals surface area (Å²) in [4.78, 5) is 51.9. The zero-order chi connectivity index (χ0) is 17.7. The van der Waals surface area contributed by atoms with Crippen molar-refractivity contribution in [3.05, 3.63) is 41.5 Å². The van der Waals surface area contributed by atoms with Crippen LogP contribution in [0.1, 0.15) is 28.8 Å². The summed E-state index contributed by atoms with van der Waals surface area (Å²) in [7, 11) is 1.70. The Bertz CT molecular complexity index is 816. The third kappa shape index (κ3) is 2.40. The van der Waals surface area contributed by atoms with E-state index < -0.39 is 0 Å². The van der Waals surface area contributed by atoms with Gasteiger partial charge in [0.1, 0.15) is 0 Å². The SMILES string of the molecule is CN1C(=O)Cc2cc(C(=O)CN3C(=O)[C@H]4CC=CC[C@@H]4C3=O)ccc21. The highest BCUT2D eigenvalue weighted by Crippen LogP contribution is 2.35. The Balaban J connectivity index is 1.53. The fraction of sp³-hybridized carbons (Fsp3) is 0.368. The van der Waals surface area contributed by atoms with Gasteiger partial charge in [0.25, 0.3) is 0 Å². The first-order chi connectivity index (χ1) is 12.0. The molecular weight excluding hydrogens is 320 g/mol. The molecule has 0 aromatic heterocycles. The summed E-state index contributed by atoms with van der Waals surface area (Å²) in [5.41, 5.74) is 2.03. The van der Waals surface area contributed by atoms with E-state index in [0.29, 0.717) is 18.4 Å². The zero-order valence-electron chi connectivity index (χ0n) is 13.9. The van der Waals surface area contributed by atoms with E-state index in [4.69, 9.17) is 0 Å². The van der Waals surface area contributed by atoms with Crippen molar-refractivity contribution in [1.29, 1.82) is 0 Å². The molecule has 4 rings (SSSR count). The Hall–Kier alpha value is -2.76. The Kier molecular flexibility index (Phi) is 3.56. The number of nitrogens with zero attached hydrogens (tertiary/aromatic N) is 2. The second-order valence-electron chi connectivity index (χ2n) is 6.81. The lowest BCUT2D eigenvalue weighted by molar-refractivity contribution is -0.139. The van der Waals surface area contributed by atoms with Crippen molar-refractivity contribution >= 4 is 29.2 Å². The van der Waals surface area contributed by atoms with Gasteiger partial charge in [-0.1, -0.05) is 12.2 Å². The number of likely N-dealkylation sites (N-methyl/N-ethyl adjacent to an activating group) is 1. The van der Waals surface area contributed by atoms with E-state index in [9.17, 15) is 19.2 Å². The van der Waals surface area contributed by atoms with Crippen LogP contribution in [0.2, 0.25) is 0 Å². The molecule has 0 radical (unpaired) electrons. The van der Waals surface area contributed by atoms with Crippen molar-refractivity contribution in [1.82, 2.24) is 4.90 Å². The van der Waals surface area contributed by atoms with Gasteiger partial charge in [0.05, 0.1) is 24.8 Å². The van der Waals surface area contributed by atoms with E-state index in [2.05, 4.69) is 0 Å². The molecule has 2 atom stereocenters.